The Morgan fingerprint density at radius 1 is 0.404 bits per heavy atom. The van der Waals surface area contributed by atoms with Crippen LogP contribution in [-0.4, -0.2) is 19.6 Å². The summed E-state index contributed by atoms with van der Waals surface area (Å²) in [5.41, 5.74) is 30.0. The molecule has 6 heteroatoms. The Morgan fingerprint density at radius 3 is 1.56 bits per heavy atom. The number of phenolic OH excluding ortho intramolecular Hbond substituents is 1. The summed E-state index contributed by atoms with van der Waals surface area (Å²) in [6, 6.07) is 97.5. The average Bonchev–Trinajstić information content (AvgIpc) is 1.22. The molecule has 0 atom stereocenters. The molecule has 0 spiro atoms. The number of imidazole rings is 1. The van der Waals surface area contributed by atoms with Crippen LogP contribution in [0.1, 0.15) is 129 Å². The topological polar surface area (TPSA) is 64.1 Å². The molecule has 1 N–H and O–H groups in total. The fraction of sp³-hybridized carbons (Fsp3) is 0.204. The number of aryl methyl sites for hydroxylation is 2. The van der Waals surface area contributed by atoms with Crippen LogP contribution in [0.2, 0.25) is 0 Å². The smallest absolute Gasteiger partial charge is 0.163 e. The molecule has 0 radical (unpaired) electrons. The molecule has 1 aliphatic carbocycles. The SMILES string of the molecule is Cc1cccc(C)c1-n1c(-c2ccc3c(n2)-c2c(O)cccc2C(C)(C)C3(C)C)nc2c(-c3[c-]c(-c4c(-c5ccccc5)cccc4-c4cccc(C(C)(C)C)c4)c4oc5ccccc5c4c3)c(-c3c(-c4cccc(C(C)(C)C)c4)cccc3-c3cc(-c4ccccc4)cc(C(C)(C)C)c3)ccc21.[Pt]. The number of nitrogens with zero attached hydrogens (tertiary/aromatic N) is 3. The van der Waals surface area contributed by atoms with Crippen molar-refractivity contribution in [2.24, 2.45) is 0 Å². The van der Waals surface area contributed by atoms with E-state index in [-0.39, 0.29) is 53.9 Å². The van der Waals surface area contributed by atoms with Crippen LogP contribution >= 0.6 is 0 Å². The van der Waals surface area contributed by atoms with Gasteiger partial charge in [-0.1, -0.05) is 320 Å². The molecule has 16 rings (SSSR count). The van der Waals surface area contributed by atoms with Crippen LogP contribution in [-0.2, 0) is 48.1 Å². The molecule has 5 nitrogen and oxygen atoms in total. The van der Waals surface area contributed by atoms with E-state index >= 15 is 0 Å². The van der Waals surface area contributed by atoms with Crippen molar-refractivity contribution in [2.45, 2.75) is 131 Å². The van der Waals surface area contributed by atoms with E-state index in [4.69, 9.17) is 14.4 Å². The summed E-state index contributed by atoms with van der Waals surface area (Å²) >= 11 is 0. The van der Waals surface area contributed by atoms with E-state index in [1.807, 2.05) is 6.07 Å². The molecule has 15 aromatic rings. The van der Waals surface area contributed by atoms with Gasteiger partial charge in [0.05, 0.1) is 28.0 Å². The zero-order chi connectivity index (χ0) is 71.8. The maximum atomic E-state index is 12.1. The van der Waals surface area contributed by atoms with Gasteiger partial charge in [0.15, 0.2) is 5.82 Å². The minimum Gasteiger partial charge on any atom is -0.507 e. The van der Waals surface area contributed by atoms with Gasteiger partial charge < -0.3 is 9.52 Å². The van der Waals surface area contributed by atoms with Crippen molar-refractivity contribution in [1.29, 1.82) is 0 Å². The molecule has 104 heavy (non-hydrogen) atoms. The van der Waals surface area contributed by atoms with Gasteiger partial charge in [-0.2, -0.15) is 0 Å². The number of para-hydroxylation sites is 2. The Bertz CT molecular complexity index is 5880. The number of furan rings is 1. The number of aromatic hydroxyl groups is 1. The Hall–Kier alpha value is -10.5. The predicted octanol–water partition coefficient (Wildman–Crippen LogP) is 26.6. The number of pyridine rings is 1. The minimum atomic E-state index is -0.368. The number of rotatable bonds is 10. The molecule has 3 aromatic heterocycles. The number of aromatic nitrogens is 3. The fourth-order valence-corrected chi connectivity index (χ4v) is 16.1. The first-order chi connectivity index (χ1) is 49.2. The van der Waals surface area contributed by atoms with E-state index in [1.54, 1.807) is 6.07 Å². The number of benzene rings is 12. The zero-order valence-electron chi connectivity index (χ0n) is 62.3. The standard InChI is InChI=1S/C98H88N3O2.Pt/c1-59-30-24-31-60(2)91(59)101-82-51-48-76(86-72(63-36-25-38-68(53-63)94(3,4)5)42-28-44-74(86)66-52-65(61-32-18-16-19-33-61)55-70(56-66)96(9,10)11)85(90(82)100-93(101)81-50-49-80-89(99-81)88-79(45-29-46-83(88)102)97(12,13)98(80,14)15)67-57-77-75-40-22-23-47-84(75)103-92(77)78(58-67)87-71(62-34-20-17-21-35-62)41-27-43-73(87)64-37-26-39-69(54-64)95(6,7)8;/h16-57,102H,1-15H3;/q-1;. The van der Waals surface area contributed by atoms with E-state index in [0.717, 1.165) is 161 Å². The molecule has 0 fully saturated rings. The van der Waals surface area contributed by atoms with Crippen molar-refractivity contribution >= 4 is 33.0 Å². The van der Waals surface area contributed by atoms with Gasteiger partial charge in [0.1, 0.15) is 17.0 Å². The molecular formula is C98H88N3O2Pt-. The summed E-state index contributed by atoms with van der Waals surface area (Å²) < 4.78 is 9.73. The molecule has 0 aliphatic heterocycles. The third-order valence-electron chi connectivity index (χ3n) is 22.5. The van der Waals surface area contributed by atoms with Crippen molar-refractivity contribution in [3.8, 4) is 123 Å². The predicted molar refractivity (Wildman–Crippen MR) is 433 cm³/mol. The van der Waals surface area contributed by atoms with Crippen LogP contribution in [0.15, 0.2) is 259 Å². The van der Waals surface area contributed by atoms with Crippen LogP contribution in [0.4, 0.5) is 0 Å². The second kappa shape index (κ2) is 25.8. The monoisotopic (exact) mass is 1530 g/mol. The van der Waals surface area contributed by atoms with Crippen LogP contribution < -0.4 is 0 Å². The van der Waals surface area contributed by atoms with Crippen LogP contribution in [0.25, 0.3) is 150 Å². The molecule has 518 valence electrons. The molecule has 0 bridgehead atoms. The van der Waals surface area contributed by atoms with E-state index in [2.05, 4.69) is 357 Å². The van der Waals surface area contributed by atoms with Gasteiger partial charge in [-0.15, -0.1) is 17.7 Å². The second-order valence-corrected chi connectivity index (χ2v) is 32.7. The number of fused-ring (bicyclic) bond motifs is 7. The number of hydrogen-bond donors (Lipinski definition) is 1. The third kappa shape index (κ3) is 11.7. The Kier molecular flexibility index (Phi) is 17.2. The Labute approximate surface area is 627 Å². The Morgan fingerprint density at radius 2 is 0.923 bits per heavy atom. The summed E-state index contributed by atoms with van der Waals surface area (Å²) in [5, 5.41) is 14.1. The van der Waals surface area contributed by atoms with Crippen molar-refractivity contribution in [3.63, 3.8) is 0 Å². The Balaban J connectivity index is 0.00000870. The van der Waals surface area contributed by atoms with Crippen molar-refractivity contribution < 1.29 is 30.6 Å². The van der Waals surface area contributed by atoms with Crippen LogP contribution in [0, 0.1) is 19.9 Å². The van der Waals surface area contributed by atoms with Gasteiger partial charge >= 0.3 is 0 Å². The molecule has 12 aromatic carbocycles. The molecule has 0 unspecified atom stereocenters. The fourth-order valence-electron chi connectivity index (χ4n) is 16.1. The van der Waals surface area contributed by atoms with Gasteiger partial charge in [-0.25, -0.2) is 9.97 Å². The van der Waals surface area contributed by atoms with Gasteiger partial charge in [-0.3, -0.25) is 4.57 Å². The van der Waals surface area contributed by atoms with Crippen molar-refractivity contribution in [1.82, 2.24) is 14.5 Å². The van der Waals surface area contributed by atoms with Gasteiger partial charge in [0, 0.05) is 37.4 Å². The van der Waals surface area contributed by atoms with Crippen LogP contribution in [0.3, 0.4) is 0 Å². The third-order valence-corrected chi connectivity index (χ3v) is 22.5. The van der Waals surface area contributed by atoms with E-state index < -0.39 is 0 Å². The largest absolute Gasteiger partial charge is 0.507 e. The molecular weight excluding hydrogens is 1450 g/mol. The molecule has 0 saturated heterocycles. The summed E-state index contributed by atoms with van der Waals surface area (Å²) in [5.74, 6) is 0.886. The maximum absolute atomic E-state index is 12.1. The van der Waals surface area contributed by atoms with Gasteiger partial charge in [0.2, 0.25) is 0 Å². The minimum absolute atomic E-state index is 0. The quantitative estimate of drug-likeness (QED) is 0.139. The first kappa shape index (κ1) is 69.3. The molecule has 1 aliphatic rings. The number of hydrogen-bond acceptors (Lipinski definition) is 4. The molecule has 0 saturated carbocycles. The van der Waals surface area contributed by atoms with Crippen LogP contribution in [0.5, 0.6) is 5.75 Å². The second-order valence-electron chi connectivity index (χ2n) is 32.7. The van der Waals surface area contributed by atoms with Crippen molar-refractivity contribution in [3.05, 3.63) is 300 Å². The van der Waals surface area contributed by atoms with Crippen molar-refractivity contribution in [2.75, 3.05) is 0 Å². The zero-order valence-corrected chi connectivity index (χ0v) is 64.5. The molecule has 3 heterocycles. The maximum Gasteiger partial charge on any atom is 0.163 e. The first-order valence-electron chi connectivity index (χ1n) is 36.3. The van der Waals surface area contributed by atoms with E-state index in [9.17, 15) is 5.11 Å². The summed E-state index contributed by atoms with van der Waals surface area (Å²) in [4.78, 5) is 12.1. The summed E-state index contributed by atoms with van der Waals surface area (Å²) in [7, 11) is 0. The summed E-state index contributed by atoms with van der Waals surface area (Å²) in [6.07, 6.45) is 0. The van der Waals surface area contributed by atoms with Gasteiger partial charge in [0.25, 0.3) is 0 Å². The van der Waals surface area contributed by atoms with Gasteiger partial charge in [-0.05, 0) is 182 Å². The first-order valence-corrected chi connectivity index (χ1v) is 36.3. The average molecular weight is 1530 g/mol. The van der Waals surface area contributed by atoms with E-state index in [1.165, 1.54) is 16.7 Å². The normalized spacial score (nSPS) is 13.5. The number of phenols is 1. The summed E-state index contributed by atoms with van der Waals surface area (Å²) in [6.45, 7) is 34.3. The van der Waals surface area contributed by atoms with E-state index in [0.29, 0.717) is 11.5 Å². The molecule has 0 amide bonds.